The summed E-state index contributed by atoms with van der Waals surface area (Å²) < 4.78 is 0. The molecule has 0 amide bonds. The summed E-state index contributed by atoms with van der Waals surface area (Å²) in [6, 6.07) is 17.5. The fraction of sp³-hybridized carbons (Fsp3) is 0.0476. The predicted octanol–water partition coefficient (Wildman–Crippen LogP) is 4.44. The number of aromatic amines is 1. The third-order valence-corrected chi connectivity index (χ3v) is 4.72. The van der Waals surface area contributed by atoms with Crippen molar-refractivity contribution in [3.63, 3.8) is 0 Å². The minimum Gasteiger partial charge on any atom is -0.494 e. The van der Waals surface area contributed by atoms with Gasteiger partial charge in [0.25, 0.3) is 0 Å². The van der Waals surface area contributed by atoms with Crippen LogP contribution in [0.25, 0.3) is 11.4 Å². The number of benzene rings is 2. The molecule has 0 spiro atoms. The molecule has 6 nitrogen and oxygen atoms in total. The smallest absolute Gasteiger partial charge is 0.196 e. The van der Waals surface area contributed by atoms with Crippen molar-refractivity contribution in [2.45, 2.75) is 6.04 Å². The van der Waals surface area contributed by atoms with E-state index in [1.807, 2.05) is 54.6 Å². The zero-order chi connectivity index (χ0) is 18.2. The van der Waals surface area contributed by atoms with Crippen LogP contribution in [0, 0.1) is 0 Å². The lowest BCUT2D eigenvalue weighted by Gasteiger charge is -2.18. The number of nitrogens with one attached hydrogen (secondary N) is 3. The fourth-order valence-corrected chi connectivity index (χ4v) is 3.38. The Morgan fingerprint density at radius 2 is 1.52 bits per heavy atom. The van der Waals surface area contributed by atoms with Gasteiger partial charge in [-0.3, -0.25) is 0 Å². The normalized spacial score (nSPS) is 15.0. The van der Waals surface area contributed by atoms with Crippen LogP contribution in [0.4, 0.5) is 17.1 Å². The second-order valence-corrected chi connectivity index (χ2v) is 6.42. The minimum absolute atomic E-state index is 0.120. The van der Waals surface area contributed by atoms with Crippen molar-refractivity contribution in [1.82, 2.24) is 15.0 Å². The Bertz CT molecular complexity index is 1090. The standard InChI is InChI=1S/C21H17N5O/c27-21-18-17(12-24-21)25-15-8-4-5-9-16(15)26-19(18)14-10-22-20(23-11-14)13-6-2-1-3-7-13/h1-12,19,24-27H. The van der Waals surface area contributed by atoms with Crippen molar-refractivity contribution in [3.8, 4) is 17.3 Å². The summed E-state index contributed by atoms with van der Waals surface area (Å²) >= 11 is 0. The molecule has 0 aliphatic carbocycles. The van der Waals surface area contributed by atoms with Crippen molar-refractivity contribution in [2.75, 3.05) is 10.6 Å². The van der Waals surface area contributed by atoms with Gasteiger partial charge < -0.3 is 20.7 Å². The highest BCUT2D eigenvalue weighted by atomic mass is 16.3. The number of nitrogens with zero attached hydrogens (tertiary/aromatic N) is 2. The Morgan fingerprint density at radius 3 is 2.30 bits per heavy atom. The topological polar surface area (TPSA) is 85.9 Å². The van der Waals surface area contributed by atoms with E-state index in [-0.39, 0.29) is 11.9 Å². The number of hydrogen-bond acceptors (Lipinski definition) is 5. The van der Waals surface area contributed by atoms with Crippen LogP contribution in [-0.4, -0.2) is 20.1 Å². The maximum atomic E-state index is 10.4. The number of rotatable bonds is 2. The van der Waals surface area contributed by atoms with Gasteiger partial charge >= 0.3 is 0 Å². The third kappa shape index (κ3) is 2.67. The molecule has 3 heterocycles. The lowest BCUT2D eigenvalue weighted by Crippen LogP contribution is -2.12. The molecular weight excluding hydrogens is 338 g/mol. The highest BCUT2D eigenvalue weighted by molar-refractivity contribution is 5.80. The summed E-state index contributed by atoms with van der Waals surface area (Å²) in [4.78, 5) is 12.0. The van der Waals surface area contributed by atoms with Gasteiger partial charge in [-0.15, -0.1) is 0 Å². The van der Waals surface area contributed by atoms with E-state index < -0.39 is 0 Å². The molecule has 1 unspecified atom stereocenters. The Balaban J connectivity index is 1.58. The average molecular weight is 355 g/mol. The van der Waals surface area contributed by atoms with E-state index in [0.29, 0.717) is 5.82 Å². The monoisotopic (exact) mass is 355 g/mol. The zero-order valence-electron chi connectivity index (χ0n) is 14.3. The fourth-order valence-electron chi connectivity index (χ4n) is 3.38. The molecule has 0 bridgehead atoms. The maximum absolute atomic E-state index is 10.4. The third-order valence-electron chi connectivity index (χ3n) is 4.72. The molecule has 0 saturated carbocycles. The predicted molar refractivity (Wildman–Crippen MR) is 105 cm³/mol. The number of fused-ring (bicyclic) bond motifs is 2. The largest absolute Gasteiger partial charge is 0.494 e. The number of H-pyrrole nitrogens is 1. The number of anilines is 3. The van der Waals surface area contributed by atoms with Crippen molar-refractivity contribution in [1.29, 1.82) is 0 Å². The van der Waals surface area contributed by atoms with Crippen LogP contribution >= 0.6 is 0 Å². The summed E-state index contributed by atoms with van der Waals surface area (Å²) in [6.45, 7) is 0. The van der Waals surface area contributed by atoms with Gasteiger partial charge in [0.2, 0.25) is 0 Å². The molecule has 4 N–H and O–H groups in total. The number of hydrogen-bond donors (Lipinski definition) is 4. The number of para-hydroxylation sites is 2. The summed E-state index contributed by atoms with van der Waals surface area (Å²) in [5.41, 5.74) is 5.29. The van der Waals surface area contributed by atoms with Crippen LogP contribution in [0.3, 0.4) is 0 Å². The van der Waals surface area contributed by atoms with Crippen LogP contribution in [0.5, 0.6) is 5.88 Å². The van der Waals surface area contributed by atoms with Crippen molar-refractivity contribution in [3.05, 3.63) is 84.3 Å². The molecule has 1 aliphatic heterocycles. The first-order valence-corrected chi connectivity index (χ1v) is 8.70. The van der Waals surface area contributed by atoms with E-state index in [2.05, 4.69) is 25.6 Å². The van der Waals surface area contributed by atoms with Gasteiger partial charge in [-0.25, -0.2) is 9.97 Å². The molecule has 1 aliphatic rings. The molecule has 0 saturated heterocycles. The molecule has 27 heavy (non-hydrogen) atoms. The van der Waals surface area contributed by atoms with E-state index in [1.165, 1.54) is 0 Å². The lowest BCUT2D eigenvalue weighted by atomic mass is 10.0. The Labute approximate surface area is 156 Å². The molecule has 1 atom stereocenters. The molecule has 2 aromatic heterocycles. The first-order chi connectivity index (χ1) is 13.3. The van der Waals surface area contributed by atoms with Crippen LogP contribution in [0.1, 0.15) is 17.2 Å². The quantitative estimate of drug-likeness (QED) is 0.427. The van der Waals surface area contributed by atoms with E-state index in [4.69, 9.17) is 0 Å². The van der Waals surface area contributed by atoms with E-state index in [0.717, 1.165) is 33.8 Å². The summed E-state index contributed by atoms with van der Waals surface area (Å²) in [6.07, 6.45) is 5.37. The van der Waals surface area contributed by atoms with Gasteiger partial charge in [0.05, 0.1) is 28.7 Å². The van der Waals surface area contributed by atoms with Gasteiger partial charge in [-0.2, -0.15) is 0 Å². The zero-order valence-corrected chi connectivity index (χ0v) is 14.3. The van der Waals surface area contributed by atoms with Crippen molar-refractivity contribution in [2.24, 2.45) is 0 Å². The summed E-state index contributed by atoms with van der Waals surface area (Å²) in [5, 5.41) is 17.3. The lowest BCUT2D eigenvalue weighted by molar-refractivity contribution is 0.449. The molecule has 6 heteroatoms. The minimum atomic E-state index is -0.285. The summed E-state index contributed by atoms with van der Waals surface area (Å²) in [5.74, 6) is 0.792. The Kier molecular flexibility index (Phi) is 3.53. The molecule has 2 aromatic carbocycles. The van der Waals surface area contributed by atoms with Gasteiger partial charge in [-0.05, 0) is 12.1 Å². The SMILES string of the molecule is Oc1[nH]cc2c1C(c1cnc(-c3ccccc3)nc1)Nc1ccccc1N2. The first kappa shape index (κ1) is 15.5. The van der Waals surface area contributed by atoms with E-state index in [9.17, 15) is 5.11 Å². The molecule has 5 rings (SSSR count). The molecule has 0 radical (unpaired) electrons. The Morgan fingerprint density at radius 1 is 0.815 bits per heavy atom. The second kappa shape index (κ2) is 6.17. The Hall–Kier alpha value is -3.80. The molecule has 0 fully saturated rings. The van der Waals surface area contributed by atoms with Crippen LogP contribution in [-0.2, 0) is 0 Å². The van der Waals surface area contributed by atoms with Gasteiger partial charge in [0.1, 0.15) is 0 Å². The van der Waals surface area contributed by atoms with Gasteiger partial charge in [-0.1, -0.05) is 42.5 Å². The highest BCUT2D eigenvalue weighted by Gasteiger charge is 2.27. The van der Waals surface area contributed by atoms with Crippen molar-refractivity contribution < 1.29 is 5.11 Å². The highest BCUT2D eigenvalue weighted by Crippen LogP contribution is 2.43. The number of aromatic nitrogens is 3. The van der Waals surface area contributed by atoms with E-state index in [1.54, 1.807) is 18.6 Å². The first-order valence-electron chi connectivity index (χ1n) is 8.70. The van der Waals surface area contributed by atoms with Crippen LogP contribution in [0.15, 0.2) is 73.2 Å². The van der Waals surface area contributed by atoms with E-state index >= 15 is 0 Å². The van der Waals surface area contributed by atoms with Gasteiger partial charge in [0, 0.05) is 29.7 Å². The molecule has 4 aromatic rings. The molecular formula is C21H17N5O. The summed E-state index contributed by atoms with van der Waals surface area (Å²) in [7, 11) is 0. The average Bonchev–Trinajstić information content (AvgIpc) is 2.99. The van der Waals surface area contributed by atoms with Crippen molar-refractivity contribution >= 4 is 17.1 Å². The second-order valence-electron chi connectivity index (χ2n) is 6.42. The molecule has 132 valence electrons. The van der Waals surface area contributed by atoms with Gasteiger partial charge in [0.15, 0.2) is 11.7 Å². The van der Waals surface area contributed by atoms with Crippen LogP contribution < -0.4 is 10.6 Å². The maximum Gasteiger partial charge on any atom is 0.196 e. The number of aromatic hydroxyl groups is 1. The van der Waals surface area contributed by atoms with Crippen LogP contribution in [0.2, 0.25) is 0 Å².